The second-order valence-corrected chi connectivity index (χ2v) is 2.51. The zero-order valence-electron chi connectivity index (χ0n) is 7.03. The molecule has 0 aliphatic heterocycles. The zero-order valence-corrected chi connectivity index (χ0v) is 7.03. The van der Waals surface area contributed by atoms with Crippen molar-refractivity contribution in [2.75, 3.05) is 6.67 Å². The summed E-state index contributed by atoms with van der Waals surface area (Å²) in [5.41, 5.74) is 1.06. The molecule has 0 fully saturated rings. The zero-order chi connectivity index (χ0) is 8.81. The number of ether oxygens (including phenoxy) is 1. The van der Waals surface area contributed by atoms with Gasteiger partial charge in [0.15, 0.2) is 0 Å². The maximum absolute atomic E-state index is 11.7. The van der Waals surface area contributed by atoms with Crippen LogP contribution in [-0.4, -0.2) is 6.67 Å². The molecule has 0 spiro atoms. The third-order valence-corrected chi connectivity index (χ3v) is 1.63. The van der Waals surface area contributed by atoms with Gasteiger partial charge < -0.3 is 4.74 Å². The molecule has 1 rings (SSSR count). The molecule has 0 saturated carbocycles. The molecule has 1 nitrogen and oxygen atoms in total. The summed E-state index contributed by atoms with van der Waals surface area (Å²) in [4.78, 5) is 0. The van der Waals surface area contributed by atoms with E-state index < -0.39 is 6.67 Å². The minimum atomic E-state index is -0.544. The van der Waals surface area contributed by atoms with Crippen molar-refractivity contribution >= 4 is 0 Å². The van der Waals surface area contributed by atoms with Crippen molar-refractivity contribution < 1.29 is 9.13 Å². The lowest BCUT2D eigenvalue weighted by atomic mass is 10.1. The SMILES string of the molecule is CC(O[CH]CF)c1ccccc1. The Kier molecular flexibility index (Phi) is 3.74. The topological polar surface area (TPSA) is 9.23 Å². The highest BCUT2D eigenvalue weighted by molar-refractivity contribution is 5.16. The van der Waals surface area contributed by atoms with Gasteiger partial charge in [-0.05, 0) is 12.5 Å². The van der Waals surface area contributed by atoms with Crippen LogP contribution in [-0.2, 0) is 4.74 Å². The van der Waals surface area contributed by atoms with Crippen LogP contribution >= 0.6 is 0 Å². The third kappa shape index (κ3) is 2.62. The minimum absolute atomic E-state index is 0.0676. The minimum Gasteiger partial charge on any atom is -0.365 e. The highest BCUT2D eigenvalue weighted by Gasteiger charge is 2.03. The molecule has 1 radical (unpaired) electrons. The fourth-order valence-electron chi connectivity index (χ4n) is 0.983. The molecule has 0 saturated heterocycles. The van der Waals surface area contributed by atoms with Crippen LogP contribution in [0, 0.1) is 6.61 Å². The summed E-state index contributed by atoms with van der Waals surface area (Å²) in [5, 5.41) is 0. The lowest BCUT2D eigenvalue weighted by Gasteiger charge is -2.10. The van der Waals surface area contributed by atoms with Gasteiger partial charge in [0.25, 0.3) is 0 Å². The number of hydrogen-bond donors (Lipinski definition) is 0. The molecule has 0 N–H and O–H groups in total. The van der Waals surface area contributed by atoms with Crippen molar-refractivity contribution in [3.63, 3.8) is 0 Å². The van der Waals surface area contributed by atoms with Gasteiger partial charge in [0.2, 0.25) is 0 Å². The lowest BCUT2D eigenvalue weighted by Crippen LogP contribution is -1.98. The van der Waals surface area contributed by atoms with E-state index in [9.17, 15) is 4.39 Å². The molecule has 12 heavy (non-hydrogen) atoms. The van der Waals surface area contributed by atoms with Crippen molar-refractivity contribution in [1.29, 1.82) is 0 Å². The van der Waals surface area contributed by atoms with Gasteiger partial charge in [-0.3, -0.25) is 0 Å². The smallest absolute Gasteiger partial charge is 0.118 e. The standard InChI is InChI=1S/C10H12FO/c1-9(12-8-7-11)10-5-3-2-4-6-10/h2-6,8-9H,7H2,1H3. The van der Waals surface area contributed by atoms with E-state index in [4.69, 9.17) is 4.74 Å². The van der Waals surface area contributed by atoms with Crippen LogP contribution in [0.15, 0.2) is 30.3 Å². The van der Waals surface area contributed by atoms with E-state index in [1.165, 1.54) is 6.61 Å². The van der Waals surface area contributed by atoms with Crippen LogP contribution in [0.1, 0.15) is 18.6 Å². The first-order valence-corrected chi connectivity index (χ1v) is 3.92. The van der Waals surface area contributed by atoms with Crippen LogP contribution < -0.4 is 0 Å². The van der Waals surface area contributed by atoms with Gasteiger partial charge >= 0.3 is 0 Å². The highest BCUT2D eigenvalue weighted by atomic mass is 19.1. The van der Waals surface area contributed by atoms with E-state index in [0.717, 1.165) is 5.56 Å². The Morgan fingerprint density at radius 2 is 2.08 bits per heavy atom. The van der Waals surface area contributed by atoms with Crippen molar-refractivity contribution in [3.05, 3.63) is 42.5 Å². The summed E-state index contributed by atoms with van der Waals surface area (Å²) < 4.78 is 16.8. The van der Waals surface area contributed by atoms with Gasteiger partial charge in [-0.25, -0.2) is 4.39 Å². The Labute approximate surface area is 72.2 Å². The second-order valence-electron chi connectivity index (χ2n) is 2.51. The van der Waals surface area contributed by atoms with Gasteiger partial charge in [-0.15, -0.1) is 0 Å². The quantitative estimate of drug-likeness (QED) is 0.670. The van der Waals surface area contributed by atoms with Crippen molar-refractivity contribution in [1.82, 2.24) is 0 Å². The summed E-state index contributed by atoms with van der Waals surface area (Å²) in [6, 6.07) is 9.72. The van der Waals surface area contributed by atoms with Crippen molar-refractivity contribution in [2.24, 2.45) is 0 Å². The Morgan fingerprint density at radius 1 is 1.42 bits per heavy atom. The first-order valence-electron chi connectivity index (χ1n) is 3.92. The molecule has 0 amide bonds. The number of hydrogen-bond acceptors (Lipinski definition) is 1. The molecule has 0 bridgehead atoms. The molecule has 1 aromatic carbocycles. The molecule has 0 aromatic heterocycles. The largest absolute Gasteiger partial charge is 0.365 e. The Balaban J connectivity index is 2.48. The monoisotopic (exact) mass is 167 g/mol. The molecule has 65 valence electrons. The molecule has 1 aromatic rings. The molecular formula is C10H12FO. The summed E-state index contributed by atoms with van der Waals surface area (Å²) in [6.45, 7) is 2.52. The van der Waals surface area contributed by atoms with E-state index in [0.29, 0.717) is 0 Å². The molecule has 0 aliphatic carbocycles. The average Bonchev–Trinajstić information content (AvgIpc) is 2.15. The van der Waals surface area contributed by atoms with Crippen LogP contribution in [0.2, 0.25) is 0 Å². The first kappa shape index (κ1) is 9.20. The second kappa shape index (κ2) is 4.88. The van der Waals surface area contributed by atoms with Gasteiger partial charge in [0.1, 0.15) is 13.3 Å². The fraction of sp³-hybridized carbons (Fsp3) is 0.300. The normalized spacial score (nSPS) is 12.8. The van der Waals surface area contributed by atoms with Gasteiger partial charge in [0.05, 0.1) is 6.10 Å². The predicted molar refractivity (Wildman–Crippen MR) is 46.2 cm³/mol. The Morgan fingerprint density at radius 3 is 2.67 bits per heavy atom. The molecule has 0 heterocycles. The van der Waals surface area contributed by atoms with Crippen LogP contribution in [0.25, 0.3) is 0 Å². The van der Waals surface area contributed by atoms with Crippen LogP contribution in [0.4, 0.5) is 4.39 Å². The molecular weight excluding hydrogens is 155 g/mol. The summed E-state index contributed by atoms with van der Waals surface area (Å²) in [7, 11) is 0. The van der Waals surface area contributed by atoms with E-state index >= 15 is 0 Å². The van der Waals surface area contributed by atoms with Gasteiger partial charge in [0, 0.05) is 0 Å². The molecule has 1 atom stereocenters. The summed E-state index contributed by atoms with van der Waals surface area (Å²) in [5.74, 6) is 0. The van der Waals surface area contributed by atoms with E-state index in [1.54, 1.807) is 0 Å². The number of halogens is 1. The Bertz CT molecular complexity index is 210. The van der Waals surface area contributed by atoms with Crippen molar-refractivity contribution in [3.8, 4) is 0 Å². The molecule has 2 heteroatoms. The average molecular weight is 167 g/mol. The van der Waals surface area contributed by atoms with Gasteiger partial charge in [-0.2, -0.15) is 0 Å². The van der Waals surface area contributed by atoms with E-state index in [1.807, 2.05) is 37.3 Å². The van der Waals surface area contributed by atoms with Crippen LogP contribution in [0.3, 0.4) is 0 Å². The number of benzene rings is 1. The first-order chi connectivity index (χ1) is 5.84. The fourth-order valence-corrected chi connectivity index (χ4v) is 0.983. The van der Waals surface area contributed by atoms with Crippen molar-refractivity contribution in [2.45, 2.75) is 13.0 Å². The van der Waals surface area contributed by atoms with Crippen LogP contribution in [0.5, 0.6) is 0 Å². The van der Waals surface area contributed by atoms with E-state index in [-0.39, 0.29) is 6.10 Å². The Hall–Kier alpha value is -0.890. The third-order valence-electron chi connectivity index (χ3n) is 1.63. The number of alkyl halides is 1. The molecule has 1 unspecified atom stereocenters. The molecule has 0 aliphatic rings. The lowest BCUT2D eigenvalue weighted by molar-refractivity contribution is 0.108. The maximum atomic E-state index is 11.7. The van der Waals surface area contributed by atoms with Gasteiger partial charge in [-0.1, -0.05) is 30.3 Å². The highest BCUT2D eigenvalue weighted by Crippen LogP contribution is 2.16. The summed E-state index contributed by atoms with van der Waals surface area (Å²) >= 11 is 0. The van der Waals surface area contributed by atoms with E-state index in [2.05, 4.69) is 0 Å². The summed E-state index contributed by atoms with van der Waals surface area (Å²) in [6.07, 6.45) is -0.0676. The number of rotatable bonds is 4. The maximum Gasteiger partial charge on any atom is 0.118 e. The predicted octanol–water partition coefficient (Wildman–Crippen LogP) is 2.90.